The van der Waals surface area contributed by atoms with Crippen LogP contribution in [0.2, 0.25) is 0 Å². The Morgan fingerprint density at radius 2 is 1.90 bits per heavy atom. The molecule has 2 fully saturated rings. The number of hydrogen-bond donors (Lipinski definition) is 0. The van der Waals surface area contributed by atoms with Crippen LogP contribution in [0, 0.1) is 12.8 Å². The van der Waals surface area contributed by atoms with Crippen molar-refractivity contribution in [2.45, 2.75) is 32.8 Å². The lowest BCUT2D eigenvalue weighted by atomic mass is 10.0. The number of carbonyl (C=O) groups is 1. The summed E-state index contributed by atoms with van der Waals surface area (Å²) in [5.41, 5.74) is 3.14. The molecule has 160 valence electrons. The molecule has 1 aromatic carbocycles. The average molecular weight is 411 g/mol. The van der Waals surface area contributed by atoms with Gasteiger partial charge in [-0.1, -0.05) is 12.1 Å². The minimum Gasteiger partial charge on any atom is -0.497 e. The lowest BCUT2D eigenvalue weighted by Crippen LogP contribution is -2.49. The molecule has 1 saturated heterocycles. The van der Waals surface area contributed by atoms with E-state index in [9.17, 15) is 4.79 Å². The number of anilines is 1. The largest absolute Gasteiger partial charge is 0.497 e. The summed E-state index contributed by atoms with van der Waals surface area (Å²) < 4.78 is 10.8. The van der Waals surface area contributed by atoms with Crippen LogP contribution in [0.5, 0.6) is 5.75 Å². The number of benzene rings is 1. The van der Waals surface area contributed by atoms with Gasteiger partial charge in [0, 0.05) is 51.2 Å². The van der Waals surface area contributed by atoms with Crippen molar-refractivity contribution in [1.82, 2.24) is 14.9 Å². The first kappa shape index (κ1) is 20.6. The number of nitrogens with zero attached hydrogens (tertiary/aromatic N) is 4. The Morgan fingerprint density at radius 3 is 2.57 bits per heavy atom. The molecule has 0 atom stereocenters. The number of carbonyl (C=O) groups excluding carboxylic acids is 1. The van der Waals surface area contributed by atoms with E-state index in [2.05, 4.69) is 16.0 Å². The quantitative estimate of drug-likeness (QED) is 0.699. The SMILES string of the molecule is COCc1nc(C)nc(N2CCN(C(=O)C3CC3)CC2)c1Cc1cccc(OC)c1. The van der Waals surface area contributed by atoms with Crippen molar-refractivity contribution in [3.8, 4) is 5.75 Å². The van der Waals surface area contributed by atoms with Gasteiger partial charge in [-0.05, 0) is 37.5 Å². The Labute approximate surface area is 178 Å². The normalized spacial score (nSPS) is 16.6. The highest BCUT2D eigenvalue weighted by Crippen LogP contribution is 2.32. The molecule has 2 aliphatic rings. The minimum atomic E-state index is 0.273. The summed E-state index contributed by atoms with van der Waals surface area (Å²) in [6.07, 6.45) is 2.80. The van der Waals surface area contributed by atoms with Gasteiger partial charge in [0.15, 0.2) is 0 Å². The van der Waals surface area contributed by atoms with Crippen LogP contribution in [0.25, 0.3) is 0 Å². The predicted octanol–water partition coefficient (Wildman–Crippen LogP) is 2.59. The standard InChI is InChI=1S/C23H30N4O3/c1-16-24-21(15-29-2)20(14-17-5-4-6-19(13-17)30-3)22(25-16)26-9-11-27(12-10-26)23(28)18-7-8-18/h4-6,13,18H,7-12,14-15H2,1-3H3. The van der Waals surface area contributed by atoms with Gasteiger partial charge in [-0.25, -0.2) is 9.97 Å². The summed E-state index contributed by atoms with van der Waals surface area (Å²) in [7, 11) is 3.37. The molecule has 0 radical (unpaired) electrons. The van der Waals surface area contributed by atoms with E-state index >= 15 is 0 Å². The monoisotopic (exact) mass is 410 g/mol. The number of hydrogen-bond acceptors (Lipinski definition) is 6. The maximum absolute atomic E-state index is 12.4. The van der Waals surface area contributed by atoms with Crippen LogP contribution in [-0.4, -0.2) is 61.2 Å². The molecule has 0 bridgehead atoms. The van der Waals surface area contributed by atoms with E-state index in [-0.39, 0.29) is 5.92 Å². The van der Waals surface area contributed by atoms with Crippen LogP contribution in [0.1, 0.15) is 35.5 Å². The lowest BCUT2D eigenvalue weighted by Gasteiger charge is -2.36. The Balaban J connectivity index is 1.60. The molecule has 7 heteroatoms. The van der Waals surface area contributed by atoms with Crippen molar-refractivity contribution >= 4 is 11.7 Å². The number of rotatable bonds is 7. The van der Waals surface area contributed by atoms with Crippen molar-refractivity contribution in [3.05, 3.63) is 46.9 Å². The second-order valence-corrected chi connectivity index (χ2v) is 8.07. The molecule has 2 aromatic rings. The zero-order chi connectivity index (χ0) is 21.1. The second kappa shape index (κ2) is 9.00. The second-order valence-electron chi connectivity index (χ2n) is 8.07. The number of aromatic nitrogens is 2. The van der Waals surface area contributed by atoms with Gasteiger partial charge in [-0.2, -0.15) is 0 Å². The van der Waals surface area contributed by atoms with Crippen LogP contribution in [0.15, 0.2) is 24.3 Å². The molecule has 2 heterocycles. The fraction of sp³-hybridized carbons (Fsp3) is 0.522. The molecule has 7 nitrogen and oxygen atoms in total. The first-order valence-corrected chi connectivity index (χ1v) is 10.6. The van der Waals surface area contributed by atoms with Crippen molar-refractivity contribution in [1.29, 1.82) is 0 Å². The summed E-state index contributed by atoms with van der Waals surface area (Å²) in [6, 6.07) is 8.09. The van der Waals surface area contributed by atoms with Gasteiger partial charge in [0.2, 0.25) is 5.91 Å². The van der Waals surface area contributed by atoms with Gasteiger partial charge in [0.05, 0.1) is 19.4 Å². The molecular formula is C23H30N4O3. The maximum atomic E-state index is 12.4. The van der Waals surface area contributed by atoms with E-state index in [0.29, 0.717) is 18.9 Å². The van der Waals surface area contributed by atoms with Crippen LogP contribution in [0.4, 0.5) is 5.82 Å². The molecule has 30 heavy (non-hydrogen) atoms. The molecular weight excluding hydrogens is 380 g/mol. The van der Waals surface area contributed by atoms with Gasteiger partial charge < -0.3 is 19.3 Å². The van der Waals surface area contributed by atoms with Gasteiger partial charge in [-0.3, -0.25) is 4.79 Å². The highest BCUT2D eigenvalue weighted by Gasteiger charge is 2.35. The predicted molar refractivity (Wildman–Crippen MR) is 115 cm³/mol. The van der Waals surface area contributed by atoms with Crippen LogP contribution < -0.4 is 9.64 Å². The number of ether oxygens (including phenoxy) is 2. The number of aryl methyl sites for hydroxylation is 1. The summed E-state index contributed by atoms with van der Waals surface area (Å²) in [6.45, 7) is 5.42. The zero-order valence-corrected chi connectivity index (χ0v) is 18.1. The van der Waals surface area contributed by atoms with Crippen LogP contribution in [-0.2, 0) is 22.6 Å². The highest BCUT2D eigenvalue weighted by molar-refractivity contribution is 5.81. The molecule has 1 aromatic heterocycles. The Hall–Kier alpha value is -2.67. The molecule has 0 spiro atoms. The molecule has 1 aliphatic heterocycles. The number of piperazine rings is 1. The average Bonchev–Trinajstić information content (AvgIpc) is 3.61. The zero-order valence-electron chi connectivity index (χ0n) is 18.1. The third-order valence-corrected chi connectivity index (χ3v) is 5.80. The summed E-state index contributed by atoms with van der Waals surface area (Å²) >= 11 is 0. The van der Waals surface area contributed by atoms with E-state index in [0.717, 1.165) is 73.2 Å². The van der Waals surface area contributed by atoms with Crippen molar-refractivity contribution in [3.63, 3.8) is 0 Å². The topological polar surface area (TPSA) is 67.8 Å². The van der Waals surface area contributed by atoms with E-state index in [1.165, 1.54) is 0 Å². The first-order chi connectivity index (χ1) is 14.6. The van der Waals surface area contributed by atoms with Crippen LogP contribution in [0.3, 0.4) is 0 Å². The van der Waals surface area contributed by atoms with Gasteiger partial charge >= 0.3 is 0 Å². The van der Waals surface area contributed by atoms with E-state index < -0.39 is 0 Å². The molecule has 0 N–H and O–H groups in total. The fourth-order valence-electron chi connectivity index (χ4n) is 4.05. The van der Waals surface area contributed by atoms with Crippen molar-refractivity contribution in [2.75, 3.05) is 45.3 Å². The van der Waals surface area contributed by atoms with E-state index in [1.54, 1.807) is 14.2 Å². The Kier molecular flexibility index (Phi) is 6.18. The highest BCUT2D eigenvalue weighted by atomic mass is 16.5. The molecule has 1 aliphatic carbocycles. The number of amides is 1. The Morgan fingerprint density at radius 1 is 1.13 bits per heavy atom. The van der Waals surface area contributed by atoms with Crippen molar-refractivity contribution < 1.29 is 14.3 Å². The lowest BCUT2D eigenvalue weighted by molar-refractivity contribution is -0.132. The number of methoxy groups -OCH3 is 2. The molecule has 4 rings (SSSR count). The van der Waals surface area contributed by atoms with Gasteiger partial charge in [0.1, 0.15) is 17.4 Å². The summed E-state index contributed by atoms with van der Waals surface area (Å²) in [5, 5.41) is 0. The third kappa shape index (κ3) is 4.56. The molecule has 1 saturated carbocycles. The van der Waals surface area contributed by atoms with E-state index in [4.69, 9.17) is 14.5 Å². The fourth-order valence-corrected chi connectivity index (χ4v) is 4.05. The summed E-state index contributed by atoms with van der Waals surface area (Å²) in [4.78, 5) is 26.2. The molecule has 0 unspecified atom stereocenters. The van der Waals surface area contributed by atoms with Crippen molar-refractivity contribution in [2.24, 2.45) is 5.92 Å². The first-order valence-electron chi connectivity index (χ1n) is 10.6. The smallest absolute Gasteiger partial charge is 0.225 e. The van der Waals surface area contributed by atoms with Gasteiger partial charge in [-0.15, -0.1) is 0 Å². The third-order valence-electron chi connectivity index (χ3n) is 5.80. The Bertz CT molecular complexity index is 905. The van der Waals surface area contributed by atoms with E-state index in [1.807, 2.05) is 30.0 Å². The maximum Gasteiger partial charge on any atom is 0.225 e. The molecule has 1 amide bonds. The summed E-state index contributed by atoms with van der Waals surface area (Å²) in [5.74, 6) is 3.13. The van der Waals surface area contributed by atoms with Crippen LogP contribution >= 0.6 is 0 Å². The van der Waals surface area contributed by atoms with Gasteiger partial charge in [0.25, 0.3) is 0 Å². The minimum absolute atomic E-state index is 0.273.